The minimum absolute atomic E-state index is 0.0615. The van der Waals surface area contributed by atoms with Crippen LogP contribution in [0, 0.1) is 5.41 Å². The van der Waals surface area contributed by atoms with E-state index in [1.54, 1.807) is 7.11 Å². The van der Waals surface area contributed by atoms with Crippen LogP contribution in [0.5, 0.6) is 5.75 Å². The second kappa shape index (κ2) is 4.49. The molecular weight excluding hydrogens is 224 g/mol. The SMILES string of the molecule is COCC1(CO)COc2ccccc2C1=S. The van der Waals surface area contributed by atoms with Crippen molar-refractivity contribution in [3.8, 4) is 5.75 Å². The molecule has 2 rings (SSSR count). The van der Waals surface area contributed by atoms with E-state index < -0.39 is 5.41 Å². The van der Waals surface area contributed by atoms with Gasteiger partial charge in [0.2, 0.25) is 0 Å². The smallest absolute Gasteiger partial charge is 0.127 e. The molecule has 1 heterocycles. The van der Waals surface area contributed by atoms with E-state index in [1.807, 2.05) is 24.3 Å². The Bertz CT molecular complexity index is 405. The third-order valence-corrected chi connectivity index (χ3v) is 3.49. The van der Waals surface area contributed by atoms with Crippen LogP contribution in [0.1, 0.15) is 5.56 Å². The summed E-state index contributed by atoms with van der Waals surface area (Å²) in [6, 6.07) is 7.62. The van der Waals surface area contributed by atoms with Crippen LogP contribution in [0.25, 0.3) is 0 Å². The van der Waals surface area contributed by atoms with Gasteiger partial charge in [-0.25, -0.2) is 0 Å². The lowest BCUT2D eigenvalue weighted by molar-refractivity contribution is 0.0392. The predicted octanol–water partition coefficient (Wildman–Crippen LogP) is 1.42. The van der Waals surface area contributed by atoms with Crippen LogP contribution in [0.3, 0.4) is 0 Å². The lowest BCUT2D eigenvalue weighted by Gasteiger charge is -2.36. The molecule has 1 unspecified atom stereocenters. The number of fused-ring (bicyclic) bond motifs is 1. The molecule has 1 aliphatic heterocycles. The van der Waals surface area contributed by atoms with Gasteiger partial charge in [-0.2, -0.15) is 0 Å². The molecule has 3 nitrogen and oxygen atoms in total. The summed E-state index contributed by atoms with van der Waals surface area (Å²) in [6.07, 6.45) is 0. The summed E-state index contributed by atoms with van der Waals surface area (Å²) in [6.45, 7) is 0.678. The molecule has 0 radical (unpaired) electrons. The Balaban J connectivity index is 2.39. The van der Waals surface area contributed by atoms with Crippen molar-refractivity contribution in [1.29, 1.82) is 0 Å². The summed E-state index contributed by atoms with van der Waals surface area (Å²) >= 11 is 5.44. The first-order valence-electron chi connectivity index (χ1n) is 5.10. The molecule has 0 aliphatic carbocycles. The first kappa shape index (κ1) is 11.5. The predicted molar refractivity (Wildman–Crippen MR) is 65.0 cm³/mol. The zero-order valence-electron chi connectivity index (χ0n) is 9.10. The quantitative estimate of drug-likeness (QED) is 0.808. The molecule has 1 N–H and O–H groups in total. The molecule has 1 aromatic carbocycles. The van der Waals surface area contributed by atoms with E-state index in [1.165, 1.54) is 0 Å². The molecule has 0 saturated carbocycles. The number of hydrogen-bond acceptors (Lipinski definition) is 4. The summed E-state index contributed by atoms with van der Waals surface area (Å²) in [5.41, 5.74) is 0.299. The number of ether oxygens (including phenoxy) is 2. The molecule has 0 spiro atoms. The number of hydrogen-bond donors (Lipinski definition) is 1. The highest BCUT2D eigenvalue weighted by Crippen LogP contribution is 2.35. The van der Waals surface area contributed by atoms with E-state index in [4.69, 9.17) is 21.7 Å². The van der Waals surface area contributed by atoms with Crippen molar-refractivity contribution in [2.75, 3.05) is 26.9 Å². The Kier molecular flexibility index (Phi) is 3.23. The monoisotopic (exact) mass is 238 g/mol. The van der Waals surface area contributed by atoms with Crippen LogP contribution >= 0.6 is 12.2 Å². The van der Waals surface area contributed by atoms with Gasteiger partial charge in [0.15, 0.2) is 0 Å². The van der Waals surface area contributed by atoms with Gasteiger partial charge in [-0.05, 0) is 6.07 Å². The summed E-state index contributed by atoms with van der Waals surface area (Å²) in [5, 5.41) is 9.52. The lowest BCUT2D eigenvalue weighted by atomic mass is 9.81. The van der Waals surface area contributed by atoms with Gasteiger partial charge in [0.25, 0.3) is 0 Å². The maximum atomic E-state index is 9.52. The number of aliphatic hydroxyl groups is 1. The van der Waals surface area contributed by atoms with Crippen molar-refractivity contribution >= 4 is 17.1 Å². The van der Waals surface area contributed by atoms with Gasteiger partial charge in [0.05, 0.1) is 18.6 Å². The maximum absolute atomic E-state index is 9.52. The van der Waals surface area contributed by atoms with Gasteiger partial charge in [0.1, 0.15) is 12.4 Å². The summed E-state index contributed by atoms with van der Waals surface area (Å²) in [7, 11) is 1.60. The summed E-state index contributed by atoms with van der Waals surface area (Å²) in [4.78, 5) is 0.721. The zero-order chi connectivity index (χ0) is 11.6. The fourth-order valence-electron chi connectivity index (χ4n) is 1.89. The standard InChI is InChI=1S/C12H14O3S/c1-14-7-12(6-13)8-15-10-5-3-2-4-9(10)11(12)16/h2-5,13H,6-8H2,1H3. The maximum Gasteiger partial charge on any atom is 0.127 e. The Morgan fingerprint density at radius 1 is 1.50 bits per heavy atom. The Morgan fingerprint density at radius 3 is 2.94 bits per heavy atom. The van der Waals surface area contributed by atoms with E-state index in [9.17, 15) is 5.11 Å². The largest absolute Gasteiger partial charge is 0.492 e. The van der Waals surface area contributed by atoms with Crippen molar-refractivity contribution in [2.24, 2.45) is 5.41 Å². The van der Waals surface area contributed by atoms with Crippen LogP contribution in [0.15, 0.2) is 24.3 Å². The van der Waals surface area contributed by atoms with Crippen molar-refractivity contribution in [3.05, 3.63) is 29.8 Å². The van der Waals surface area contributed by atoms with Crippen LogP contribution < -0.4 is 4.74 Å². The van der Waals surface area contributed by atoms with Crippen LogP contribution in [-0.2, 0) is 4.74 Å². The second-order valence-electron chi connectivity index (χ2n) is 3.99. The van der Waals surface area contributed by atoms with Crippen LogP contribution in [0.2, 0.25) is 0 Å². The third-order valence-electron chi connectivity index (χ3n) is 2.84. The topological polar surface area (TPSA) is 38.7 Å². The number of methoxy groups -OCH3 is 1. The molecule has 0 bridgehead atoms. The molecule has 1 atom stereocenters. The molecule has 1 aliphatic rings. The molecule has 86 valence electrons. The van der Waals surface area contributed by atoms with Crippen molar-refractivity contribution in [1.82, 2.24) is 0 Å². The van der Waals surface area contributed by atoms with Crippen molar-refractivity contribution in [3.63, 3.8) is 0 Å². The molecule has 0 saturated heterocycles. The average Bonchev–Trinajstić information content (AvgIpc) is 2.33. The summed E-state index contributed by atoms with van der Waals surface area (Å²) in [5.74, 6) is 0.785. The number of para-hydroxylation sites is 1. The zero-order valence-corrected chi connectivity index (χ0v) is 9.92. The fourth-order valence-corrected chi connectivity index (χ4v) is 2.24. The van der Waals surface area contributed by atoms with Gasteiger partial charge in [-0.15, -0.1) is 0 Å². The van der Waals surface area contributed by atoms with E-state index in [0.717, 1.165) is 16.2 Å². The van der Waals surface area contributed by atoms with Gasteiger partial charge in [-0.3, -0.25) is 0 Å². The van der Waals surface area contributed by atoms with Gasteiger partial charge < -0.3 is 14.6 Å². The molecular formula is C12H14O3S. The molecule has 1 aromatic rings. The number of benzene rings is 1. The van der Waals surface area contributed by atoms with Crippen molar-refractivity contribution < 1.29 is 14.6 Å². The van der Waals surface area contributed by atoms with E-state index >= 15 is 0 Å². The molecule has 4 heteroatoms. The van der Waals surface area contributed by atoms with E-state index in [2.05, 4.69) is 0 Å². The van der Waals surface area contributed by atoms with E-state index in [0.29, 0.717) is 13.2 Å². The van der Waals surface area contributed by atoms with Crippen LogP contribution in [-0.4, -0.2) is 36.9 Å². The average molecular weight is 238 g/mol. The number of aliphatic hydroxyl groups excluding tert-OH is 1. The molecule has 0 aromatic heterocycles. The van der Waals surface area contributed by atoms with Gasteiger partial charge in [0, 0.05) is 17.5 Å². The molecule has 0 fully saturated rings. The van der Waals surface area contributed by atoms with Gasteiger partial charge in [-0.1, -0.05) is 30.4 Å². The minimum atomic E-state index is -0.585. The number of rotatable bonds is 3. The first-order valence-corrected chi connectivity index (χ1v) is 5.51. The first-order chi connectivity index (χ1) is 7.73. The highest BCUT2D eigenvalue weighted by atomic mass is 32.1. The fraction of sp³-hybridized carbons (Fsp3) is 0.417. The normalized spacial score (nSPS) is 23.8. The Labute approximate surface area is 100.0 Å². The minimum Gasteiger partial charge on any atom is -0.492 e. The molecule has 16 heavy (non-hydrogen) atoms. The Morgan fingerprint density at radius 2 is 2.25 bits per heavy atom. The molecule has 0 amide bonds. The summed E-state index contributed by atoms with van der Waals surface area (Å²) < 4.78 is 10.8. The number of thiocarbonyl (C=S) groups is 1. The lowest BCUT2D eigenvalue weighted by Crippen LogP contribution is -2.46. The van der Waals surface area contributed by atoms with Crippen molar-refractivity contribution in [2.45, 2.75) is 0 Å². The van der Waals surface area contributed by atoms with Crippen LogP contribution in [0.4, 0.5) is 0 Å². The Hall–Kier alpha value is -0.970. The highest BCUT2D eigenvalue weighted by molar-refractivity contribution is 7.81. The highest BCUT2D eigenvalue weighted by Gasteiger charge is 2.40. The van der Waals surface area contributed by atoms with Gasteiger partial charge >= 0.3 is 0 Å². The second-order valence-corrected chi connectivity index (χ2v) is 4.39. The van der Waals surface area contributed by atoms with E-state index in [-0.39, 0.29) is 6.61 Å². The third kappa shape index (κ3) is 1.73.